The van der Waals surface area contributed by atoms with Gasteiger partial charge in [0.05, 0.1) is 11.7 Å². The van der Waals surface area contributed by atoms with Crippen molar-refractivity contribution in [2.45, 2.75) is 39.0 Å². The molecule has 2 unspecified atom stereocenters. The van der Waals surface area contributed by atoms with Gasteiger partial charge >= 0.3 is 6.18 Å². The van der Waals surface area contributed by atoms with Crippen LogP contribution in [-0.2, 0) is 6.18 Å². The highest BCUT2D eigenvalue weighted by molar-refractivity contribution is 5.34. The molecule has 0 saturated heterocycles. The van der Waals surface area contributed by atoms with Crippen LogP contribution in [0.3, 0.4) is 0 Å². The van der Waals surface area contributed by atoms with E-state index in [1.807, 2.05) is 6.92 Å². The van der Waals surface area contributed by atoms with E-state index in [1.54, 1.807) is 6.92 Å². The van der Waals surface area contributed by atoms with Crippen LogP contribution < -0.4 is 0 Å². The Morgan fingerprint density at radius 1 is 1.28 bits per heavy atom. The molecule has 0 spiro atoms. The van der Waals surface area contributed by atoms with E-state index in [9.17, 15) is 18.3 Å². The molecule has 0 bridgehead atoms. The zero-order valence-electron chi connectivity index (χ0n) is 10.5. The number of aliphatic hydroxyl groups is 1. The third-order valence-corrected chi connectivity index (χ3v) is 3.78. The number of hydrogen-bond acceptors (Lipinski definition) is 1. The molecule has 1 saturated carbocycles. The molecule has 1 aliphatic carbocycles. The van der Waals surface area contributed by atoms with E-state index in [1.165, 1.54) is 6.07 Å². The van der Waals surface area contributed by atoms with Crippen molar-refractivity contribution in [3.63, 3.8) is 0 Å². The van der Waals surface area contributed by atoms with Gasteiger partial charge in [0.2, 0.25) is 0 Å². The molecule has 2 rings (SSSR count). The predicted molar refractivity (Wildman–Crippen MR) is 63.0 cm³/mol. The fraction of sp³-hybridized carbons (Fsp3) is 0.571. The molecule has 0 aromatic heterocycles. The molecule has 1 nitrogen and oxygen atoms in total. The van der Waals surface area contributed by atoms with Crippen molar-refractivity contribution < 1.29 is 18.3 Å². The summed E-state index contributed by atoms with van der Waals surface area (Å²) in [6.45, 7) is 3.58. The highest BCUT2D eigenvalue weighted by Crippen LogP contribution is 2.43. The molecule has 0 heterocycles. The first-order chi connectivity index (χ1) is 8.30. The molecule has 2 atom stereocenters. The van der Waals surface area contributed by atoms with Crippen LogP contribution in [0, 0.1) is 18.8 Å². The van der Waals surface area contributed by atoms with Crippen molar-refractivity contribution in [3.8, 4) is 0 Å². The van der Waals surface area contributed by atoms with Gasteiger partial charge < -0.3 is 5.11 Å². The van der Waals surface area contributed by atoms with Crippen LogP contribution in [0.25, 0.3) is 0 Å². The van der Waals surface area contributed by atoms with Gasteiger partial charge in [-0.25, -0.2) is 0 Å². The Morgan fingerprint density at radius 2 is 1.89 bits per heavy atom. The van der Waals surface area contributed by atoms with E-state index >= 15 is 0 Å². The Labute approximate surface area is 105 Å². The van der Waals surface area contributed by atoms with Crippen LogP contribution in [0.5, 0.6) is 0 Å². The molecule has 0 amide bonds. The Balaban J connectivity index is 2.24. The monoisotopic (exact) mass is 258 g/mol. The van der Waals surface area contributed by atoms with Gasteiger partial charge in [-0.1, -0.05) is 13.0 Å². The van der Waals surface area contributed by atoms with E-state index in [2.05, 4.69) is 0 Å². The first-order valence-electron chi connectivity index (χ1n) is 6.16. The van der Waals surface area contributed by atoms with Crippen LogP contribution in [0.4, 0.5) is 13.2 Å². The minimum atomic E-state index is -4.32. The predicted octanol–water partition coefficient (Wildman–Crippen LogP) is 4.09. The second kappa shape index (κ2) is 4.57. The van der Waals surface area contributed by atoms with Gasteiger partial charge in [-0.05, 0) is 54.9 Å². The summed E-state index contributed by atoms with van der Waals surface area (Å²) in [6, 6.07) is 3.56. The lowest BCUT2D eigenvalue weighted by Crippen LogP contribution is -2.13. The lowest BCUT2D eigenvalue weighted by Gasteiger charge is -2.21. The van der Waals surface area contributed by atoms with Crippen molar-refractivity contribution >= 4 is 0 Å². The lowest BCUT2D eigenvalue weighted by atomic mass is 9.90. The molecule has 1 N–H and O–H groups in total. The summed E-state index contributed by atoms with van der Waals surface area (Å²) in [5.41, 5.74) is 0.460. The summed E-state index contributed by atoms with van der Waals surface area (Å²) in [6.07, 6.45) is -2.77. The van der Waals surface area contributed by atoms with E-state index in [4.69, 9.17) is 0 Å². The molecule has 1 aromatic rings. The van der Waals surface area contributed by atoms with Gasteiger partial charge in [-0.3, -0.25) is 0 Å². The molecule has 0 aliphatic heterocycles. The van der Waals surface area contributed by atoms with E-state index in [0.29, 0.717) is 17.0 Å². The molecular weight excluding hydrogens is 241 g/mol. The largest absolute Gasteiger partial charge is 0.416 e. The van der Waals surface area contributed by atoms with Crippen LogP contribution in [0.15, 0.2) is 18.2 Å². The maximum atomic E-state index is 12.5. The van der Waals surface area contributed by atoms with Crippen LogP contribution in [0.2, 0.25) is 0 Å². The van der Waals surface area contributed by atoms with Crippen molar-refractivity contribution in [3.05, 3.63) is 34.9 Å². The van der Waals surface area contributed by atoms with Gasteiger partial charge in [0, 0.05) is 0 Å². The van der Waals surface area contributed by atoms with Crippen molar-refractivity contribution in [2.75, 3.05) is 0 Å². The summed E-state index contributed by atoms with van der Waals surface area (Å²) >= 11 is 0. The van der Waals surface area contributed by atoms with Gasteiger partial charge in [0.25, 0.3) is 0 Å². The number of alkyl halides is 3. The summed E-state index contributed by atoms with van der Waals surface area (Å²) < 4.78 is 37.6. The topological polar surface area (TPSA) is 20.2 Å². The van der Waals surface area contributed by atoms with Gasteiger partial charge in [0.15, 0.2) is 0 Å². The number of benzene rings is 1. The highest BCUT2D eigenvalue weighted by Gasteiger charge is 2.35. The number of aryl methyl sites for hydroxylation is 1. The molecule has 0 radical (unpaired) electrons. The summed E-state index contributed by atoms with van der Waals surface area (Å²) in [4.78, 5) is 0. The van der Waals surface area contributed by atoms with Crippen LogP contribution in [0.1, 0.15) is 42.6 Å². The number of hydrogen-bond donors (Lipinski definition) is 1. The summed E-state index contributed by atoms with van der Waals surface area (Å²) in [7, 11) is 0. The van der Waals surface area contributed by atoms with E-state index in [-0.39, 0.29) is 5.92 Å². The number of halogens is 3. The number of aliphatic hydroxyl groups excluding tert-OH is 1. The zero-order valence-corrected chi connectivity index (χ0v) is 10.5. The van der Waals surface area contributed by atoms with E-state index < -0.39 is 17.8 Å². The maximum Gasteiger partial charge on any atom is 0.416 e. The minimum absolute atomic E-state index is 0.112. The Morgan fingerprint density at radius 3 is 2.33 bits per heavy atom. The summed E-state index contributed by atoms with van der Waals surface area (Å²) in [5, 5.41) is 10.2. The quantitative estimate of drug-likeness (QED) is 0.865. The third kappa shape index (κ3) is 2.69. The minimum Gasteiger partial charge on any atom is -0.388 e. The lowest BCUT2D eigenvalue weighted by molar-refractivity contribution is -0.137. The maximum absolute atomic E-state index is 12.5. The average Bonchev–Trinajstić information content (AvgIpc) is 3.09. The van der Waals surface area contributed by atoms with Gasteiger partial charge in [-0.15, -0.1) is 0 Å². The molecule has 1 aromatic carbocycles. The van der Waals surface area contributed by atoms with Gasteiger partial charge in [0.1, 0.15) is 0 Å². The first kappa shape index (κ1) is 13.4. The molecular formula is C14H17F3O. The van der Waals surface area contributed by atoms with E-state index in [0.717, 1.165) is 25.0 Å². The molecule has 4 heteroatoms. The average molecular weight is 258 g/mol. The second-order valence-corrected chi connectivity index (χ2v) is 5.21. The van der Waals surface area contributed by atoms with Crippen molar-refractivity contribution in [2.24, 2.45) is 11.8 Å². The molecule has 1 fully saturated rings. The fourth-order valence-corrected chi connectivity index (χ4v) is 2.35. The molecule has 18 heavy (non-hydrogen) atoms. The SMILES string of the molecule is Cc1cc(C(F)(F)F)ccc1C(O)C(C)C1CC1. The highest BCUT2D eigenvalue weighted by atomic mass is 19.4. The third-order valence-electron chi connectivity index (χ3n) is 3.78. The second-order valence-electron chi connectivity index (χ2n) is 5.21. The first-order valence-corrected chi connectivity index (χ1v) is 6.16. The van der Waals surface area contributed by atoms with Crippen molar-refractivity contribution in [1.82, 2.24) is 0 Å². The summed E-state index contributed by atoms with van der Waals surface area (Å²) in [5.74, 6) is 0.627. The standard InChI is InChI=1S/C14H17F3O/c1-8-7-11(14(15,16)17)5-6-12(8)13(18)9(2)10-3-4-10/h5-7,9-10,13,18H,3-4H2,1-2H3. The normalized spacial score (nSPS) is 19.7. The number of rotatable bonds is 3. The molecule has 100 valence electrons. The van der Waals surface area contributed by atoms with Crippen molar-refractivity contribution in [1.29, 1.82) is 0 Å². The Hall–Kier alpha value is -1.03. The zero-order chi connectivity index (χ0) is 13.5. The Bertz CT molecular complexity index is 435. The Kier molecular flexibility index (Phi) is 3.41. The molecule has 1 aliphatic rings. The fourth-order valence-electron chi connectivity index (χ4n) is 2.35. The van der Waals surface area contributed by atoms with Gasteiger partial charge in [-0.2, -0.15) is 13.2 Å². The van der Waals surface area contributed by atoms with Crippen LogP contribution >= 0.6 is 0 Å². The smallest absolute Gasteiger partial charge is 0.388 e. The van der Waals surface area contributed by atoms with Crippen LogP contribution in [-0.4, -0.2) is 5.11 Å².